The molecule has 1 aromatic heterocycles. The predicted octanol–water partition coefficient (Wildman–Crippen LogP) is -0.335. The van der Waals surface area contributed by atoms with E-state index in [4.69, 9.17) is 4.74 Å². The number of hydrogen-bond acceptors (Lipinski definition) is 5. The van der Waals surface area contributed by atoms with E-state index >= 15 is 0 Å². The van der Waals surface area contributed by atoms with E-state index in [0.717, 1.165) is 5.01 Å². The van der Waals surface area contributed by atoms with Crippen LogP contribution in [0, 0.1) is 11.8 Å². The number of fused-ring (bicyclic) bond motifs is 5. The number of amides is 3. The highest BCUT2D eigenvalue weighted by Crippen LogP contribution is 2.44. The van der Waals surface area contributed by atoms with Crippen molar-refractivity contribution < 1.29 is 19.1 Å². The van der Waals surface area contributed by atoms with Gasteiger partial charge in [0.1, 0.15) is 0 Å². The molecule has 7 nitrogen and oxygen atoms in total. The first-order chi connectivity index (χ1) is 10.2. The van der Waals surface area contributed by atoms with E-state index in [2.05, 4.69) is 10.4 Å². The number of hydrogen-bond donors (Lipinski definition) is 1. The molecule has 3 aliphatic heterocycles. The van der Waals surface area contributed by atoms with Crippen molar-refractivity contribution in [2.45, 2.75) is 12.2 Å². The molecule has 0 spiro atoms. The Hall–Kier alpha value is -2.54. The van der Waals surface area contributed by atoms with Crippen LogP contribution < -0.4 is 5.43 Å². The van der Waals surface area contributed by atoms with Gasteiger partial charge in [-0.2, -0.15) is 5.01 Å². The predicted molar refractivity (Wildman–Crippen MR) is 68.3 cm³/mol. The SMILES string of the molecule is O=C(NN1C(=O)[C@@H]2[C@@H](C1=O)[C@H]1C=C[C@@H]2O1)c1ccncc1. The third-order valence-corrected chi connectivity index (χ3v) is 4.07. The Bertz CT molecular complexity index is 642. The molecule has 1 N–H and O–H groups in total. The molecule has 0 unspecified atom stereocenters. The number of aromatic nitrogens is 1. The van der Waals surface area contributed by atoms with Crippen molar-refractivity contribution in [2.24, 2.45) is 11.8 Å². The van der Waals surface area contributed by atoms with Crippen LogP contribution in [0.15, 0.2) is 36.7 Å². The van der Waals surface area contributed by atoms with E-state index in [-0.39, 0.29) is 12.2 Å². The second-order valence-corrected chi connectivity index (χ2v) is 5.19. The lowest BCUT2D eigenvalue weighted by Crippen LogP contribution is -2.47. The minimum atomic E-state index is -0.523. The molecule has 3 aliphatic rings. The van der Waals surface area contributed by atoms with Gasteiger partial charge in [0, 0.05) is 18.0 Å². The van der Waals surface area contributed by atoms with Gasteiger partial charge in [-0.05, 0) is 12.1 Å². The normalized spacial score (nSPS) is 32.7. The molecule has 1 aromatic rings. The van der Waals surface area contributed by atoms with Crippen molar-refractivity contribution >= 4 is 17.7 Å². The Labute approximate surface area is 119 Å². The highest BCUT2D eigenvalue weighted by atomic mass is 16.5. The third-order valence-electron chi connectivity index (χ3n) is 4.07. The fourth-order valence-electron chi connectivity index (χ4n) is 3.08. The molecule has 3 amide bonds. The van der Waals surface area contributed by atoms with E-state index in [0.29, 0.717) is 5.56 Å². The highest BCUT2D eigenvalue weighted by Gasteiger charge is 2.61. The maximum Gasteiger partial charge on any atom is 0.270 e. The lowest BCUT2D eigenvalue weighted by molar-refractivity contribution is -0.145. The first-order valence-corrected chi connectivity index (χ1v) is 6.59. The molecule has 2 bridgehead atoms. The summed E-state index contributed by atoms with van der Waals surface area (Å²) in [5.41, 5.74) is 2.71. The summed E-state index contributed by atoms with van der Waals surface area (Å²) in [6.07, 6.45) is 5.81. The summed E-state index contributed by atoms with van der Waals surface area (Å²) >= 11 is 0. The molecule has 2 saturated heterocycles. The topological polar surface area (TPSA) is 88.6 Å². The summed E-state index contributed by atoms with van der Waals surface area (Å²) in [4.78, 5) is 40.5. The molecule has 4 heterocycles. The van der Waals surface area contributed by atoms with Crippen LogP contribution in [0.4, 0.5) is 0 Å². The Kier molecular flexibility index (Phi) is 2.46. The summed E-state index contributed by atoms with van der Waals surface area (Å²) in [5, 5.41) is 0.827. The Balaban J connectivity index is 1.56. The van der Waals surface area contributed by atoms with Gasteiger partial charge in [-0.15, -0.1) is 0 Å². The van der Waals surface area contributed by atoms with Crippen molar-refractivity contribution in [3.05, 3.63) is 42.2 Å². The Morgan fingerprint density at radius 1 is 1.10 bits per heavy atom. The van der Waals surface area contributed by atoms with Crippen molar-refractivity contribution in [3.8, 4) is 0 Å². The first-order valence-electron chi connectivity index (χ1n) is 6.59. The van der Waals surface area contributed by atoms with Crippen molar-refractivity contribution in [2.75, 3.05) is 0 Å². The minimum Gasteiger partial charge on any atom is -0.365 e. The fraction of sp³-hybridized carbons (Fsp3) is 0.286. The molecule has 4 rings (SSSR count). The fourth-order valence-corrected chi connectivity index (χ4v) is 3.08. The summed E-state index contributed by atoms with van der Waals surface area (Å²) in [6.45, 7) is 0. The molecule has 7 heteroatoms. The van der Waals surface area contributed by atoms with Crippen LogP contribution in [0.1, 0.15) is 10.4 Å². The van der Waals surface area contributed by atoms with Crippen LogP contribution >= 0.6 is 0 Å². The van der Waals surface area contributed by atoms with Gasteiger partial charge in [-0.1, -0.05) is 12.2 Å². The van der Waals surface area contributed by atoms with Gasteiger partial charge in [-0.3, -0.25) is 24.8 Å². The van der Waals surface area contributed by atoms with Crippen molar-refractivity contribution in [1.29, 1.82) is 0 Å². The summed E-state index contributed by atoms with van der Waals surface area (Å²) < 4.78 is 5.52. The number of nitrogens with zero attached hydrogens (tertiary/aromatic N) is 2. The van der Waals surface area contributed by atoms with Crippen molar-refractivity contribution in [1.82, 2.24) is 15.4 Å². The third kappa shape index (κ3) is 1.64. The standard InChI is InChI=1S/C14H11N3O4/c18-12(7-3-5-15-6-4-7)16-17-13(19)10-8-1-2-9(21-8)11(10)14(17)20/h1-6,8-11H,(H,16,18)/t8-,9+,10-,11-/m0/s1. The van der Waals surface area contributed by atoms with Crippen LogP contribution in [-0.4, -0.2) is 39.9 Å². The highest BCUT2D eigenvalue weighted by molar-refractivity contribution is 6.09. The number of ether oxygens (including phenoxy) is 1. The van der Waals surface area contributed by atoms with E-state index in [1.807, 2.05) is 0 Å². The second-order valence-electron chi connectivity index (χ2n) is 5.19. The molecular weight excluding hydrogens is 274 g/mol. The molecule has 106 valence electrons. The molecule has 0 saturated carbocycles. The zero-order valence-electron chi connectivity index (χ0n) is 10.8. The minimum absolute atomic E-state index is 0.333. The van der Waals surface area contributed by atoms with E-state index in [1.165, 1.54) is 24.5 Å². The molecular formula is C14H11N3O4. The number of imide groups is 1. The maximum atomic E-state index is 12.3. The summed E-state index contributed by atoms with van der Waals surface area (Å²) in [7, 11) is 0. The number of pyridine rings is 1. The molecule has 4 atom stereocenters. The molecule has 0 aliphatic carbocycles. The zero-order valence-corrected chi connectivity index (χ0v) is 10.8. The smallest absolute Gasteiger partial charge is 0.270 e. The van der Waals surface area contributed by atoms with Gasteiger partial charge in [0.2, 0.25) is 0 Å². The number of carbonyl (C=O) groups excluding carboxylic acids is 3. The van der Waals surface area contributed by atoms with Crippen LogP contribution in [0.25, 0.3) is 0 Å². The van der Waals surface area contributed by atoms with Crippen molar-refractivity contribution in [3.63, 3.8) is 0 Å². The van der Waals surface area contributed by atoms with Gasteiger partial charge >= 0.3 is 0 Å². The zero-order chi connectivity index (χ0) is 14.6. The van der Waals surface area contributed by atoms with Gasteiger partial charge in [0.15, 0.2) is 0 Å². The second kappa shape index (κ2) is 4.23. The van der Waals surface area contributed by atoms with Crippen LogP contribution in [0.5, 0.6) is 0 Å². The number of carbonyl (C=O) groups is 3. The van der Waals surface area contributed by atoms with E-state index in [1.54, 1.807) is 12.2 Å². The van der Waals surface area contributed by atoms with Gasteiger partial charge in [0.05, 0.1) is 24.0 Å². The van der Waals surface area contributed by atoms with Gasteiger partial charge in [0.25, 0.3) is 17.7 Å². The average molecular weight is 285 g/mol. The van der Waals surface area contributed by atoms with Crippen LogP contribution in [0.2, 0.25) is 0 Å². The maximum absolute atomic E-state index is 12.3. The van der Waals surface area contributed by atoms with Crippen LogP contribution in [0.3, 0.4) is 0 Å². The monoisotopic (exact) mass is 285 g/mol. The summed E-state index contributed by atoms with van der Waals surface area (Å²) in [5.74, 6) is -2.38. The molecule has 21 heavy (non-hydrogen) atoms. The largest absolute Gasteiger partial charge is 0.365 e. The van der Waals surface area contributed by atoms with Gasteiger partial charge in [-0.25, -0.2) is 0 Å². The lowest BCUT2D eigenvalue weighted by atomic mass is 9.85. The Morgan fingerprint density at radius 3 is 2.24 bits per heavy atom. The lowest BCUT2D eigenvalue weighted by Gasteiger charge is -2.18. The van der Waals surface area contributed by atoms with E-state index < -0.39 is 29.6 Å². The Morgan fingerprint density at radius 2 is 1.67 bits per heavy atom. The molecule has 0 aromatic carbocycles. The quantitative estimate of drug-likeness (QED) is 0.593. The number of hydrazine groups is 1. The number of nitrogens with one attached hydrogen (secondary N) is 1. The summed E-state index contributed by atoms with van der Waals surface area (Å²) in [6, 6.07) is 3.02. The molecule has 2 fully saturated rings. The first kappa shape index (κ1) is 12.2. The molecule has 0 radical (unpaired) electrons. The van der Waals surface area contributed by atoms with Crippen LogP contribution in [-0.2, 0) is 14.3 Å². The van der Waals surface area contributed by atoms with E-state index in [9.17, 15) is 14.4 Å². The number of rotatable bonds is 2. The van der Waals surface area contributed by atoms with Gasteiger partial charge < -0.3 is 4.74 Å². The average Bonchev–Trinajstić information content (AvgIpc) is 3.18.